The number of aromatic nitrogens is 1. The molecule has 0 N–H and O–H groups in total. The van der Waals surface area contributed by atoms with Crippen LogP contribution in [0.2, 0.25) is 0 Å². The lowest BCUT2D eigenvalue weighted by molar-refractivity contribution is -0.671. The molecule has 0 bridgehead atoms. The Kier molecular flexibility index (Phi) is 4.91. The van der Waals surface area contributed by atoms with Crippen molar-refractivity contribution in [1.82, 2.24) is 0 Å². The summed E-state index contributed by atoms with van der Waals surface area (Å²) in [5.74, 6) is -0.240. The van der Waals surface area contributed by atoms with Crippen LogP contribution in [0.4, 0.5) is 0 Å². The Morgan fingerprint density at radius 1 is 1.05 bits per heavy atom. The number of ether oxygens (including phenoxy) is 1. The molecule has 3 nitrogen and oxygen atoms in total. The first kappa shape index (κ1) is 15.4. The average Bonchev–Trinajstić information content (AvgIpc) is 2.47. The average molecular weight is 346 g/mol. The molecule has 1 heterocycles. The number of para-hydroxylation sites is 1. The highest BCUT2D eigenvalue weighted by Gasteiger charge is 2.12. The van der Waals surface area contributed by atoms with Gasteiger partial charge in [0.25, 0.3) is 0 Å². The molecule has 0 fully saturated rings. The van der Waals surface area contributed by atoms with Crippen molar-refractivity contribution in [2.75, 3.05) is 6.61 Å². The van der Waals surface area contributed by atoms with Crippen LogP contribution in [-0.4, -0.2) is 12.6 Å². The highest BCUT2D eigenvalue weighted by molar-refractivity contribution is 6.03. The maximum absolute atomic E-state index is 10.9. The fraction of sp³-hybridized carbons (Fsp3) is 0.176. The molecule has 3 aromatic rings. The summed E-state index contributed by atoms with van der Waals surface area (Å²) in [7, 11) is 0. The summed E-state index contributed by atoms with van der Waals surface area (Å²) in [5.41, 5.74) is 1.15. The third kappa shape index (κ3) is 3.22. The molecular formula is C17H16BrNO2. The van der Waals surface area contributed by atoms with Gasteiger partial charge >= 0.3 is 5.97 Å². The second-order valence-electron chi connectivity index (χ2n) is 4.77. The first-order valence-electron chi connectivity index (χ1n) is 6.69. The van der Waals surface area contributed by atoms with Gasteiger partial charge in [0.1, 0.15) is 0 Å². The van der Waals surface area contributed by atoms with Gasteiger partial charge in [-0.1, -0.05) is 30.3 Å². The van der Waals surface area contributed by atoms with Gasteiger partial charge in [-0.25, -0.2) is 0 Å². The second-order valence-corrected chi connectivity index (χ2v) is 4.77. The maximum Gasteiger partial charge on any atom is 0.302 e. The Labute approximate surface area is 133 Å². The van der Waals surface area contributed by atoms with Crippen LogP contribution in [-0.2, 0) is 16.1 Å². The quantitative estimate of drug-likeness (QED) is 0.375. The zero-order valence-electron chi connectivity index (χ0n) is 11.8. The molecule has 21 heavy (non-hydrogen) atoms. The SMILES string of the molecule is CC(=O)OCC[n+]1cc2ccccc2c2ccccc21.[Br-]. The minimum Gasteiger partial charge on any atom is -1.00 e. The van der Waals surface area contributed by atoms with Crippen LogP contribution < -0.4 is 21.5 Å². The number of nitrogens with zero attached hydrogens (tertiary/aromatic N) is 1. The third-order valence-electron chi connectivity index (χ3n) is 3.40. The van der Waals surface area contributed by atoms with Crippen molar-refractivity contribution in [2.45, 2.75) is 13.5 Å². The molecule has 0 spiro atoms. The number of benzene rings is 2. The van der Waals surface area contributed by atoms with E-state index in [1.54, 1.807) is 0 Å². The Bertz CT molecular complexity index is 786. The van der Waals surface area contributed by atoms with Gasteiger partial charge < -0.3 is 21.7 Å². The van der Waals surface area contributed by atoms with E-state index in [0.29, 0.717) is 13.2 Å². The topological polar surface area (TPSA) is 30.2 Å². The van der Waals surface area contributed by atoms with E-state index in [1.165, 1.54) is 23.1 Å². The van der Waals surface area contributed by atoms with Gasteiger partial charge in [-0.3, -0.25) is 4.79 Å². The van der Waals surface area contributed by atoms with E-state index in [1.807, 2.05) is 18.2 Å². The Morgan fingerprint density at radius 3 is 2.48 bits per heavy atom. The molecular weight excluding hydrogens is 330 g/mol. The Hall–Kier alpha value is -1.94. The van der Waals surface area contributed by atoms with Crippen LogP contribution in [0.25, 0.3) is 21.7 Å². The number of fused-ring (bicyclic) bond motifs is 3. The zero-order chi connectivity index (χ0) is 13.9. The summed E-state index contributed by atoms with van der Waals surface area (Å²) in [6, 6.07) is 16.6. The van der Waals surface area contributed by atoms with Crippen molar-refractivity contribution < 1.29 is 31.1 Å². The van der Waals surface area contributed by atoms with Gasteiger partial charge in [0, 0.05) is 23.8 Å². The molecule has 0 amide bonds. The molecule has 1 aromatic heterocycles. The fourth-order valence-electron chi connectivity index (χ4n) is 2.52. The first-order chi connectivity index (χ1) is 9.75. The smallest absolute Gasteiger partial charge is 0.302 e. The van der Waals surface area contributed by atoms with Gasteiger partial charge in [0.05, 0.1) is 5.39 Å². The van der Waals surface area contributed by atoms with Crippen molar-refractivity contribution in [2.24, 2.45) is 0 Å². The number of carbonyl (C=O) groups excluding carboxylic acids is 1. The number of hydrogen-bond acceptors (Lipinski definition) is 2. The van der Waals surface area contributed by atoms with Crippen molar-refractivity contribution in [1.29, 1.82) is 0 Å². The lowest BCUT2D eigenvalue weighted by Gasteiger charge is -2.05. The predicted molar refractivity (Wildman–Crippen MR) is 78.3 cm³/mol. The fourth-order valence-corrected chi connectivity index (χ4v) is 2.52. The van der Waals surface area contributed by atoms with Crippen molar-refractivity contribution in [3.63, 3.8) is 0 Å². The number of hydrogen-bond donors (Lipinski definition) is 0. The molecule has 0 aliphatic heterocycles. The van der Waals surface area contributed by atoms with Crippen LogP contribution in [0.5, 0.6) is 0 Å². The van der Waals surface area contributed by atoms with E-state index < -0.39 is 0 Å². The molecule has 4 heteroatoms. The molecule has 0 saturated heterocycles. The number of carbonyl (C=O) groups is 1. The van der Waals surface area contributed by atoms with E-state index in [0.717, 1.165) is 5.52 Å². The standard InChI is InChI=1S/C17H16NO2.BrH/c1-13(19)20-11-10-18-12-14-6-2-3-7-15(14)16-8-4-5-9-17(16)18;/h2-9,12H,10-11H2,1H3;1H/q+1;/p-1. The minimum absolute atomic E-state index is 0. The monoisotopic (exact) mass is 345 g/mol. The zero-order valence-corrected chi connectivity index (χ0v) is 13.3. The normalized spacial score (nSPS) is 10.3. The number of pyridine rings is 1. The van der Waals surface area contributed by atoms with Crippen LogP contribution in [0.1, 0.15) is 6.92 Å². The Balaban J connectivity index is 0.00000161. The lowest BCUT2D eigenvalue weighted by atomic mass is 10.1. The van der Waals surface area contributed by atoms with Crippen molar-refractivity contribution in [3.8, 4) is 0 Å². The van der Waals surface area contributed by atoms with E-state index in [4.69, 9.17) is 4.74 Å². The summed E-state index contributed by atoms with van der Waals surface area (Å²) in [6.45, 7) is 2.48. The Morgan fingerprint density at radius 2 is 1.71 bits per heavy atom. The van der Waals surface area contributed by atoms with Crippen molar-refractivity contribution in [3.05, 3.63) is 54.7 Å². The molecule has 0 aliphatic rings. The summed E-state index contributed by atoms with van der Waals surface area (Å²) in [5, 5.41) is 3.65. The van der Waals surface area contributed by atoms with Gasteiger partial charge in [0.15, 0.2) is 19.3 Å². The summed E-state index contributed by atoms with van der Waals surface area (Å²) < 4.78 is 7.19. The molecule has 2 aromatic carbocycles. The molecule has 0 atom stereocenters. The van der Waals surface area contributed by atoms with Gasteiger partial charge in [-0.05, 0) is 12.1 Å². The second kappa shape index (κ2) is 6.68. The maximum atomic E-state index is 10.9. The van der Waals surface area contributed by atoms with Crippen LogP contribution in [0.15, 0.2) is 54.7 Å². The van der Waals surface area contributed by atoms with Gasteiger partial charge in [-0.15, -0.1) is 0 Å². The van der Waals surface area contributed by atoms with E-state index >= 15 is 0 Å². The summed E-state index contributed by atoms with van der Waals surface area (Å²) in [4.78, 5) is 10.9. The molecule has 0 saturated carbocycles. The summed E-state index contributed by atoms with van der Waals surface area (Å²) in [6.07, 6.45) is 2.11. The molecule has 0 unspecified atom stereocenters. The van der Waals surface area contributed by atoms with Crippen LogP contribution in [0.3, 0.4) is 0 Å². The van der Waals surface area contributed by atoms with Crippen LogP contribution in [0, 0.1) is 0 Å². The van der Waals surface area contributed by atoms with Crippen molar-refractivity contribution >= 4 is 27.6 Å². The predicted octanol–water partition coefficient (Wildman–Crippen LogP) is -0.152. The minimum atomic E-state index is -0.240. The highest BCUT2D eigenvalue weighted by atomic mass is 79.9. The third-order valence-corrected chi connectivity index (χ3v) is 3.40. The molecule has 3 rings (SSSR count). The number of rotatable bonds is 3. The largest absolute Gasteiger partial charge is 1.00 e. The van der Waals surface area contributed by atoms with E-state index in [-0.39, 0.29) is 23.0 Å². The van der Waals surface area contributed by atoms with E-state index in [2.05, 4.69) is 41.1 Å². The summed E-state index contributed by atoms with van der Waals surface area (Å²) >= 11 is 0. The number of esters is 1. The molecule has 0 aliphatic carbocycles. The molecule has 108 valence electrons. The van der Waals surface area contributed by atoms with Gasteiger partial charge in [0.2, 0.25) is 5.52 Å². The highest BCUT2D eigenvalue weighted by Crippen LogP contribution is 2.21. The van der Waals surface area contributed by atoms with Gasteiger partial charge in [-0.2, -0.15) is 4.57 Å². The lowest BCUT2D eigenvalue weighted by Crippen LogP contribution is -3.00. The van der Waals surface area contributed by atoms with Crippen LogP contribution >= 0.6 is 0 Å². The number of halogens is 1. The first-order valence-corrected chi connectivity index (χ1v) is 6.69. The molecule has 0 radical (unpaired) electrons. The van der Waals surface area contributed by atoms with E-state index in [9.17, 15) is 4.79 Å².